The van der Waals surface area contributed by atoms with Crippen LogP contribution in [0.1, 0.15) is 84.0 Å². The predicted molar refractivity (Wildman–Crippen MR) is 577 cm³/mol. The fraction of sp³-hybridized carbons (Fsp3) is 0.138. The highest BCUT2D eigenvalue weighted by molar-refractivity contribution is 6.06. The van der Waals surface area contributed by atoms with Crippen molar-refractivity contribution in [3.63, 3.8) is 0 Å². The van der Waals surface area contributed by atoms with Crippen molar-refractivity contribution >= 4 is 134 Å². The molecule has 722 valence electrons. The number of anilines is 4. The Morgan fingerprint density at radius 2 is 0.541 bits per heavy atom. The molecule has 32 heteroatoms. The molecule has 3 aliphatic rings. The number of hydrogen-bond donors (Lipinski definition) is 12. The molecule has 0 saturated heterocycles. The van der Waals surface area contributed by atoms with Gasteiger partial charge in [0.05, 0.1) is 114 Å². The average Bonchev–Trinajstić information content (AvgIpc) is 1.62. The Kier molecular flexibility index (Phi) is 24.7. The minimum absolute atomic E-state index is 0.00407. The molecule has 0 unspecified atom stereocenters. The van der Waals surface area contributed by atoms with Gasteiger partial charge in [0.25, 0.3) is 0 Å². The van der Waals surface area contributed by atoms with E-state index >= 15 is 0 Å². The maximum absolute atomic E-state index is 12.6. The highest BCUT2D eigenvalue weighted by Crippen LogP contribution is 2.42. The van der Waals surface area contributed by atoms with E-state index in [4.69, 9.17) is 19.9 Å². The van der Waals surface area contributed by atoms with Crippen LogP contribution in [0.2, 0.25) is 0 Å². The van der Waals surface area contributed by atoms with Crippen LogP contribution >= 0.6 is 0 Å². The summed E-state index contributed by atoms with van der Waals surface area (Å²) in [5.41, 5.74) is 32.7. The molecule has 0 bridgehead atoms. The SMILES string of the molecule is CCCCC(=O)Nc1cncc(-c2ccc3[nH]nc(-c4nc5c(-c6ccncc6)cccc5[nH]4)c3c2)c1.O=C(Nc1cncc(-c2ccc3[nH]nc(-c4nc5c(-c6ccncc6)cccc5[nH]4)c3c2)c1)C1CC1.O=C(Nc1cncc(-c2ccc3[nH]nc(-c4nc5c(-c6ccncc6)cccc5[nH]4)c3c2)c1)C1CCC1.O=C(Nc1cncc(-c2ccc3[nH]nc(-c4nc5c(-c6ccncc6)cccc5[nH]4)c3c2)c1)C1CCCC1. The number of hydrogen-bond acceptors (Lipinski definition) is 20. The molecule has 148 heavy (non-hydrogen) atoms. The predicted octanol–water partition coefficient (Wildman–Crippen LogP) is 24.3. The molecule has 0 radical (unpaired) electrons. The Hall–Kier alpha value is -19.4. The van der Waals surface area contributed by atoms with E-state index in [0.29, 0.717) is 52.5 Å². The van der Waals surface area contributed by atoms with Gasteiger partial charge in [0, 0.05) is 165 Å². The second-order valence-corrected chi connectivity index (χ2v) is 37.3. The summed E-state index contributed by atoms with van der Waals surface area (Å²) < 4.78 is 0. The molecule has 12 N–H and O–H groups in total. The number of fused-ring (bicyclic) bond motifs is 8. The van der Waals surface area contributed by atoms with Gasteiger partial charge in [-0.3, -0.25) is 79.4 Å². The molecule has 8 aromatic carbocycles. The number of amides is 4. The summed E-state index contributed by atoms with van der Waals surface area (Å²) in [6.07, 6.45) is 39.7. The Balaban J connectivity index is 0.000000105. The van der Waals surface area contributed by atoms with Crippen molar-refractivity contribution in [2.24, 2.45) is 17.8 Å². The van der Waals surface area contributed by atoms with Gasteiger partial charge in [-0.25, -0.2) is 19.9 Å². The molecular weight excluding hydrogens is 1850 g/mol. The second kappa shape index (κ2) is 40.2. The van der Waals surface area contributed by atoms with Gasteiger partial charge in [-0.1, -0.05) is 105 Å². The molecule has 24 aromatic rings. The van der Waals surface area contributed by atoms with Crippen LogP contribution < -0.4 is 21.3 Å². The van der Waals surface area contributed by atoms with Crippen LogP contribution in [0.4, 0.5) is 22.7 Å². The standard InChI is InChI=1S/C30H25N7O.C29H23N7O.C29H25N7O.C28H21N7O/c38-30(19-4-1-2-5-19)33-22-14-21(16-32-17-22)20-8-9-25-24(15-20)28(37-36-25)29-34-26-7-3-6-23(27(26)35-29)18-10-12-31-13-11-18;37-29(18-3-1-4-18)32-21-13-20(15-31-16-21)19-7-8-24-23(14-19)27(36-35-24)28-33-25-6-2-5-22(26(25)34-28)17-9-11-30-12-10-17;1-2-3-7-26(37)32-21-14-20(16-31-17-21)19-8-9-24-23(15-19)28(36-35-24)29-33-25-6-4-5-22(27(25)34-29)18-10-12-30-13-11-18;36-28(17-4-5-17)31-20-12-19(14-30-15-20)18-6-7-23-22(13-18)26(35-34-23)27-32-24-3-1-2-21(25(24)33-27)16-8-10-29-11-9-16/h3,6-17,19H,1-2,4-5H2,(H,33,38)(H,34,35)(H,36,37);2,5-16,18H,1,3-4H2,(H,32,37)(H,33,34)(H,35,36);4-6,8-17H,2-3,7H2,1H3,(H,32,37)(H,33,34)(H,35,36);1-3,6-15,17H,4-5H2,(H,31,36)(H,32,33)(H,34,35). The van der Waals surface area contributed by atoms with Gasteiger partial charge in [-0.05, 0) is 235 Å². The van der Waals surface area contributed by atoms with Crippen LogP contribution in [-0.4, -0.2) is 144 Å². The number of nitrogens with zero attached hydrogens (tertiary/aromatic N) is 16. The minimum Gasteiger partial charge on any atom is -0.337 e. The van der Waals surface area contributed by atoms with Crippen molar-refractivity contribution in [2.45, 2.75) is 84.0 Å². The topological polar surface area (TPSA) is 449 Å². The normalized spacial score (nSPS) is 13.0. The molecule has 32 nitrogen and oxygen atoms in total. The fourth-order valence-electron chi connectivity index (χ4n) is 19.3. The van der Waals surface area contributed by atoms with Crippen LogP contribution in [0.5, 0.6) is 0 Å². The van der Waals surface area contributed by atoms with E-state index in [1.807, 2.05) is 182 Å². The van der Waals surface area contributed by atoms with Crippen molar-refractivity contribution in [3.05, 3.63) is 318 Å². The van der Waals surface area contributed by atoms with Gasteiger partial charge >= 0.3 is 0 Å². The number of unbranched alkanes of at least 4 members (excludes halogenated alkanes) is 1. The van der Waals surface area contributed by atoms with Crippen LogP contribution in [0, 0.1) is 17.8 Å². The van der Waals surface area contributed by atoms with Gasteiger partial charge in [0.2, 0.25) is 23.6 Å². The summed E-state index contributed by atoms with van der Waals surface area (Å²) in [5, 5.41) is 46.7. The van der Waals surface area contributed by atoms with Crippen molar-refractivity contribution in [1.82, 2.24) is 121 Å². The van der Waals surface area contributed by atoms with Gasteiger partial charge in [0.15, 0.2) is 23.3 Å². The number of benzene rings is 8. The summed E-state index contributed by atoms with van der Waals surface area (Å²) in [6, 6.07) is 72.5. The summed E-state index contributed by atoms with van der Waals surface area (Å²) >= 11 is 0. The van der Waals surface area contributed by atoms with Crippen LogP contribution in [-0.2, 0) is 19.2 Å². The summed E-state index contributed by atoms with van der Waals surface area (Å²) in [6.45, 7) is 2.07. The summed E-state index contributed by atoms with van der Waals surface area (Å²) in [5.74, 6) is 3.37. The van der Waals surface area contributed by atoms with Crippen molar-refractivity contribution in [1.29, 1.82) is 0 Å². The molecule has 3 aliphatic carbocycles. The molecule has 4 amide bonds. The van der Waals surface area contributed by atoms with Gasteiger partial charge < -0.3 is 41.2 Å². The van der Waals surface area contributed by atoms with Crippen LogP contribution in [0.25, 0.3) is 223 Å². The third-order valence-electron chi connectivity index (χ3n) is 27.4. The molecule has 3 fully saturated rings. The number of carbonyl (C=O) groups excluding carboxylic acids is 4. The number of imidazole rings is 4. The lowest BCUT2D eigenvalue weighted by atomic mass is 9.85. The Bertz CT molecular complexity index is 9110. The second-order valence-electron chi connectivity index (χ2n) is 37.3. The number of aromatic amines is 8. The summed E-state index contributed by atoms with van der Waals surface area (Å²) in [7, 11) is 0. The van der Waals surface area contributed by atoms with Crippen molar-refractivity contribution in [3.8, 4) is 135 Å². The monoisotopic (exact) mass is 1940 g/mol. The molecule has 0 aliphatic heterocycles. The molecule has 16 heterocycles. The van der Waals surface area contributed by atoms with Gasteiger partial charge in [-0.15, -0.1) is 0 Å². The third-order valence-corrected chi connectivity index (χ3v) is 27.4. The Morgan fingerprint density at radius 1 is 0.270 bits per heavy atom. The zero-order valence-corrected chi connectivity index (χ0v) is 80.0. The fourth-order valence-corrected chi connectivity index (χ4v) is 19.3. The number of carbonyl (C=O) groups is 4. The lowest BCUT2D eigenvalue weighted by molar-refractivity contribution is -0.122. The maximum atomic E-state index is 12.6. The van der Waals surface area contributed by atoms with E-state index in [-0.39, 0.29) is 41.4 Å². The van der Waals surface area contributed by atoms with Gasteiger partial charge in [-0.2, -0.15) is 20.4 Å². The zero-order chi connectivity index (χ0) is 99.5. The largest absolute Gasteiger partial charge is 0.337 e. The lowest BCUT2D eigenvalue weighted by Gasteiger charge is -2.24. The minimum atomic E-state index is 0.00407. The van der Waals surface area contributed by atoms with E-state index in [0.717, 1.165) is 270 Å². The number of H-pyrrole nitrogens is 8. The van der Waals surface area contributed by atoms with Crippen LogP contribution in [0.15, 0.2) is 318 Å². The van der Waals surface area contributed by atoms with E-state index in [1.165, 1.54) is 0 Å². The number of rotatable bonds is 22. The highest BCUT2D eigenvalue weighted by Gasteiger charge is 2.31. The molecule has 27 rings (SSSR count). The summed E-state index contributed by atoms with van der Waals surface area (Å²) in [4.78, 5) is 117. The highest BCUT2D eigenvalue weighted by atomic mass is 16.2. The number of pyridine rings is 8. The van der Waals surface area contributed by atoms with E-state index < -0.39 is 0 Å². The first kappa shape index (κ1) is 91.1. The molecule has 0 spiro atoms. The number of aromatic nitrogens is 24. The molecule has 3 saturated carbocycles. The molecular formula is C116H94N28O4. The zero-order valence-electron chi connectivity index (χ0n) is 80.0. The quantitative estimate of drug-likeness (QED) is 0.0300. The molecule has 16 aromatic heterocycles. The average molecular weight is 1940 g/mol. The maximum Gasteiger partial charge on any atom is 0.227 e. The van der Waals surface area contributed by atoms with E-state index in [1.54, 1.807) is 86.8 Å². The Labute approximate surface area is 844 Å². The van der Waals surface area contributed by atoms with E-state index in [2.05, 4.69) is 177 Å². The first-order chi connectivity index (χ1) is 72.9. The smallest absolute Gasteiger partial charge is 0.227 e. The number of para-hydroxylation sites is 4. The van der Waals surface area contributed by atoms with Crippen molar-refractivity contribution in [2.75, 3.05) is 21.3 Å². The van der Waals surface area contributed by atoms with E-state index in [9.17, 15) is 19.2 Å². The number of nitrogens with one attached hydrogen (secondary N) is 12. The van der Waals surface area contributed by atoms with Crippen molar-refractivity contribution < 1.29 is 19.2 Å². The lowest BCUT2D eigenvalue weighted by Crippen LogP contribution is -2.28. The third kappa shape index (κ3) is 19.0. The molecule has 0 atom stereocenters. The first-order valence-corrected chi connectivity index (χ1v) is 49.4. The van der Waals surface area contributed by atoms with Crippen LogP contribution in [0.3, 0.4) is 0 Å². The first-order valence-electron chi connectivity index (χ1n) is 49.4. The van der Waals surface area contributed by atoms with Gasteiger partial charge in [0.1, 0.15) is 22.8 Å². The Morgan fingerprint density at radius 3 is 0.804 bits per heavy atom.